The third-order valence-corrected chi connectivity index (χ3v) is 4.32. The van der Waals surface area contributed by atoms with E-state index in [2.05, 4.69) is 42.9 Å². The van der Waals surface area contributed by atoms with Crippen LogP contribution in [0.15, 0.2) is 6.20 Å². The molecule has 1 atom stereocenters. The maximum absolute atomic E-state index is 4.74. The Kier molecular flexibility index (Phi) is 5.97. The number of aryl methyl sites for hydroxylation is 1. The minimum atomic E-state index is 0.671. The molecule has 0 aromatic carbocycles. The average Bonchev–Trinajstić information content (AvgIpc) is 2.48. The van der Waals surface area contributed by atoms with Crippen LogP contribution < -0.4 is 10.2 Å². The van der Waals surface area contributed by atoms with E-state index in [4.69, 9.17) is 4.98 Å². The van der Waals surface area contributed by atoms with Crippen molar-refractivity contribution >= 4 is 5.95 Å². The predicted octanol–water partition coefficient (Wildman–Crippen LogP) is 3.16. The van der Waals surface area contributed by atoms with E-state index in [0.29, 0.717) is 5.92 Å². The number of nitrogens with one attached hydrogen (secondary N) is 1. The number of hydrogen-bond acceptors (Lipinski definition) is 4. The molecule has 0 bridgehead atoms. The van der Waals surface area contributed by atoms with E-state index in [0.717, 1.165) is 43.7 Å². The first-order valence-corrected chi connectivity index (χ1v) is 8.38. The van der Waals surface area contributed by atoms with Gasteiger partial charge in [-0.25, -0.2) is 9.97 Å². The molecule has 4 heteroatoms. The van der Waals surface area contributed by atoms with Crippen LogP contribution in [0.5, 0.6) is 0 Å². The van der Waals surface area contributed by atoms with E-state index in [1.165, 1.54) is 24.8 Å². The van der Waals surface area contributed by atoms with Crippen molar-refractivity contribution in [2.24, 2.45) is 11.8 Å². The molecule has 1 aliphatic rings. The van der Waals surface area contributed by atoms with Gasteiger partial charge in [-0.15, -0.1) is 0 Å². The van der Waals surface area contributed by atoms with Crippen LogP contribution >= 0.6 is 0 Å². The van der Waals surface area contributed by atoms with Crippen LogP contribution in [0.25, 0.3) is 0 Å². The molecular formula is C17H30N4. The second-order valence-electron chi connectivity index (χ2n) is 6.67. The van der Waals surface area contributed by atoms with Gasteiger partial charge in [-0.2, -0.15) is 0 Å². The summed E-state index contributed by atoms with van der Waals surface area (Å²) in [7, 11) is 0. The minimum absolute atomic E-state index is 0.671. The van der Waals surface area contributed by atoms with Gasteiger partial charge in [0.25, 0.3) is 0 Å². The number of aromatic nitrogens is 2. The lowest BCUT2D eigenvalue weighted by Crippen LogP contribution is -2.36. The smallest absolute Gasteiger partial charge is 0.225 e. The molecule has 4 nitrogen and oxygen atoms in total. The summed E-state index contributed by atoms with van der Waals surface area (Å²) in [6, 6.07) is 0. The molecule has 1 aromatic rings. The molecule has 1 unspecified atom stereocenters. The summed E-state index contributed by atoms with van der Waals surface area (Å²) in [6.45, 7) is 12.9. The molecule has 0 aliphatic carbocycles. The van der Waals surface area contributed by atoms with Crippen LogP contribution in [0.3, 0.4) is 0 Å². The van der Waals surface area contributed by atoms with Gasteiger partial charge in [-0.1, -0.05) is 27.2 Å². The van der Waals surface area contributed by atoms with Gasteiger partial charge < -0.3 is 10.2 Å². The van der Waals surface area contributed by atoms with Gasteiger partial charge in [0.15, 0.2) is 0 Å². The number of anilines is 1. The lowest BCUT2D eigenvalue weighted by molar-refractivity contribution is 0.401. The van der Waals surface area contributed by atoms with Crippen molar-refractivity contribution in [1.29, 1.82) is 0 Å². The standard InChI is InChI=1S/C17H30N4/c1-5-15-7-6-8-21(12-15)17-19-11-16(14(4)20-17)10-18-9-13(2)3/h11,13,15,18H,5-10,12H2,1-4H3. The molecule has 21 heavy (non-hydrogen) atoms. The van der Waals surface area contributed by atoms with E-state index in [1.807, 2.05) is 6.20 Å². The van der Waals surface area contributed by atoms with Gasteiger partial charge in [0.05, 0.1) is 0 Å². The first-order chi connectivity index (χ1) is 10.1. The summed E-state index contributed by atoms with van der Waals surface area (Å²) in [4.78, 5) is 11.7. The molecule has 1 aliphatic heterocycles. The molecule has 1 aromatic heterocycles. The molecule has 0 spiro atoms. The zero-order valence-electron chi connectivity index (χ0n) is 14.0. The van der Waals surface area contributed by atoms with Crippen LogP contribution in [-0.4, -0.2) is 29.6 Å². The second kappa shape index (κ2) is 7.74. The van der Waals surface area contributed by atoms with Crippen LogP contribution in [0, 0.1) is 18.8 Å². The summed E-state index contributed by atoms with van der Waals surface area (Å²) < 4.78 is 0. The first kappa shape index (κ1) is 16.2. The fourth-order valence-corrected chi connectivity index (χ4v) is 2.88. The minimum Gasteiger partial charge on any atom is -0.341 e. The van der Waals surface area contributed by atoms with E-state index < -0.39 is 0 Å². The Bertz CT molecular complexity index is 444. The molecule has 0 radical (unpaired) electrons. The Morgan fingerprint density at radius 2 is 2.24 bits per heavy atom. The number of hydrogen-bond donors (Lipinski definition) is 1. The van der Waals surface area contributed by atoms with Crippen molar-refractivity contribution in [3.63, 3.8) is 0 Å². The van der Waals surface area contributed by atoms with Crippen molar-refractivity contribution in [2.45, 2.75) is 53.5 Å². The Hall–Kier alpha value is -1.16. The lowest BCUT2D eigenvalue weighted by atomic mass is 9.96. The van der Waals surface area contributed by atoms with Crippen LogP contribution in [0.2, 0.25) is 0 Å². The van der Waals surface area contributed by atoms with Crippen LogP contribution in [0.4, 0.5) is 5.95 Å². The van der Waals surface area contributed by atoms with Crippen molar-refractivity contribution in [2.75, 3.05) is 24.5 Å². The van der Waals surface area contributed by atoms with E-state index in [-0.39, 0.29) is 0 Å². The average molecular weight is 290 g/mol. The normalized spacial score (nSPS) is 19.3. The van der Waals surface area contributed by atoms with E-state index in [9.17, 15) is 0 Å². The van der Waals surface area contributed by atoms with Gasteiger partial charge in [0, 0.05) is 37.1 Å². The number of rotatable bonds is 6. The highest BCUT2D eigenvalue weighted by molar-refractivity contribution is 5.33. The fraction of sp³-hybridized carbons (Fsp3) is 0.765. The first-order valence-electron chi connectivity index (χ1n) is 8.38. The molecular weight excluding hydrogens is 260 g/mol. The Labute approximate surface area is 129 Å². The zero-order valence-corrected chi connectivity index (χ0v) is 14.0. The topological polar surface area (TPSA) is 41.1 Å². The van der Waals surface area contributed by atoms with Crippen LogP contribution in [-0.2, 0) is 6.54 Å². The SMILES string of the molecule is CCC1CCCN(c2ncc(CNCC(C)C)c(C)n2)C1. The van der Waals surface area contributed by atoms with E-state index in [1.54, 1.807) is 0 Å². The van der Waals surface area contributed by atoms with Crippen molar-refractivity contribution in [3.05, 3.63) is 17.5 Å². The van der Waals surface area contributed by atoms with E-state index >= 15 is 0 Å². The maximum atomic E-state index is 4.74. The number of piperidine rings is 1. The van der Waals surface area contributed by atoms with Crippen LogP contribution in [0.1, 0.15) is 51.3 Å². The van der Waals surface area contributed by atoms with Gasteiger partial charge in [0.2, 0.25) is 5.95 Å². The molecule has 1 fully saturated rings. The van der Waals surface area contributed by atoms with Gasteiger partial charge in [0.1, 0.15) is 0 Å². The van der Waals surface area contributed by atoms with Crippen molar-refractivity contribution < 1.29 is 0 Å². The second-order valence-corrected chi connectivity index (χ2v) is 6.67. The molecule has 0 saturated carbocycles. The summed E-state index contributed by atoms with van der Waals surface area (Å²) in [6.07, 6.45) is 5.87. The summed E-state index contributed by atoms with van der Waals surface area (Å²) >= 11 is 0. The largest absolute Gasteiger partial charge is 0.341 e. The summed E-state index contributed by atoms with van der Waals surface area (Å²) in [5.41, 5.74) is 2.32. The Morgan fingerprint density at radius 3 is 2.90 bits per heavy atom. The third kappa shape index (κ3) is 4.67. The molecule has 1 N–H and O–H groups in total. The monoisotopic (exact) mass is 290 g/mol. The summed E-state index contributed by atoms with van der Waals surface area (Å²) in [5, 5.41) is 3.46. The highest BCUT2D eigenvalue weighted by Gasteiger charge is 2.20. The van der Waals surface area contributed by atoms with Gasteiger partial charge >= 0.3 is 0 Å². The molecule has 2 rings (SSSR count). The third-order valence-electron chi connectivity index (χ3n) is 4.32. The summed E-state index contributed by atoms with van der Waals surface area (Å²) in [5.74, 6) is 2.39. The fourth-order valence-electron chi connectivity index (χ4n) is 2.88. The molecule has 118 valence electrons. The zero-order chi connectivity index (χ0) is 15.2. The predicted molar refractivity (Wildman–Crippen MR) is 88.5 cm³/mol. The van der Waals surface area contributed by atoms with Crippen molar-refractivity contribution in [1.82, 2.24) is 15.3 Å². The highest BCUT2D eigenvalue weighted by atomic mass is 15.3. The van der Waals surface area contributed by atoms with Crippen molar-refractivity contribution in [3.8, 4) is 0 Å². The maximum Gasteiger partial charge on any atom is 0.225 e. The Morgan fingerprint density at radius 1 is 1.43 bits per heavy atom. The molecule has 2 heterocycles. The van der Waals surface area contributed by atoms with Gasteiger partial charge in [-0.3, -0.25) is 0 Å². The number of nitrogens with zero attached hydrogens (tertiary/aromatic N) is 3. The molecule has 1 saturated heterocycles. The molecule has 0 amide bonds. The van der Waals surface area contributed by atoms with Gasteiger partial charge in [-0.05, 0) is 38.1 Å². The lowest BCUT2D eigenvalue weighted by Gasteiger charge is -2.32. The quantitative estimate of drug-likeness (QED) is 0.874. The Balaban J connectivity index is 1.97. The highest BCUT2D eigenvalue weighted by Crippen LogP contribution is 2.22.